The zero-order chi connectivity index (χ0) is 19.0. The van der Waals surface area contributed by atoms with Gasteiger partial charge in [0.15, 0.2) is 0 Å². The quantitative estimate of drug-likeness (QED) is 0.494. The van der Waals surface area contributed by atoms with Crippen molar-refractivity contribution < 1.29 is 29.3 Å². The van der Waals surface area contributed by atoms with Crippen molar-refractivity contribution in [2.24, 2.45) is 5.92 Å². The van der Waals surface area contributed by atoms with Gasteiger partial charge < -0.3 is 20.3 Å². The van der Waals surface area contributed by atoms with E-state index in [4.69, 9.17) is 4.74 Å². The topological polar surface area (TPSA) is 125 Å². The number of hydrogen-bond acceptors (Lipinski definition) is 5. The van der Waals surface area contributed by atoms with Crippen LogP contribution >= 0.6 is 0 Å². The zero-order valence-corrected chi connectivity index (χ0v) is 14.5. The number of rotatable bonds is 10. The van der Waals surface area contributed by atoms with Crippen LogP contribution in [0.15, 0.2) is 24.3 Å². The highest BCUT2D eigenvalue weighted by Gasteiger charge is 2.27. The molecule has 1 aromatic carbocycles. The van der Waals surface area contributed by atoms with Gasteiger partial charge in [-0.15, -0.1) is 0 Å². The number of hydrogen-bond donors (Lipinski definition) is 4. The number of nitrogens with one attached hydrogen (secondary N) is 2. The molecule has 25 heavy (non-hydrogen) atoms. The van der Waals surface area contributed by atoms with Crippen LogP contribution in [0.3, 0.4) is 0 Å². The number of aliphatic carboxylic acids is 2. The number of carbonyl (C=O) groups excluding carboxylic acids is 1. The molecule has 0 fully saturated rings. The maximum Gasteiger partial charge on any atom is 0.322 e. The van der Waals surface area contributed by atoms with Crippen molar-refractivity contribution >= 4 is 17.8 Å². The zero-order valence-electron chi connectivity index (χ0n) is 14.5. The van der Waals surface area contributed by atoms with E-state index in [9.17, 15) is 24.6 Å². The predicted octanol–water partition coefficient (Wildman–Crippen LogP) is 0.967. The number of carboxylic acid groups (broad SMARTS) is 2. The van der Waals surface area contributed by atoms with Gasteiger partial charge in [-0.25, -0.2) is 0 Å². The summed E-state index contributed by atoms with van der Waals surface area (Å²) in [6, 6.07) is 4.20. The molecule has 1 amide bonds. The number of carbonyl (C=O) groups is 3. The van der Waals surface area contributed by atoms with E-state index in [0.717, 1.165) is 0 Å². The fraction of sp³-hybridized carbons (Fsp3) is 0.471. The van der Waals surface area contributed by atoms with Crippen LogP contribution in [0.2, 0.25) is 0 Å². The van der Waals surface area contributed by atoms with Crippen LogP contribution < -0.4 is 15.4 Å². The van der Waals surface area contributed by atoms with Crippen molar-refractivity contribution in [1.29, 1.82) is 0 Å². The summed E-state index contributed by atoms with van der Waals surface area (Å²) in [5.41, 5.74) is 0.320. The molecule has 0 saturated heterocycles. The number of ether oxygens (including phenoxy) is 1. The number of methoxy groups -OCH3 is 1. The van der Waals surface area contributed by atoms with E-state index in [1.165, 1.54) is 13.2 Å². The molecular formula is C17H24N2O6. The predicted molar refractivity (Wildman–Crippen MR) is 90.8 cm³/mol. The molecule has 8 nitrogen and oxygen atoms in total. The van der Waals surface area contributed by atoms with Gasteiger partial charge in [0.25, 0.3) is 5.91 Å². The van der Waals surface area contributed by atoms with E-state index in [0.29, 0.717) is 11.3 Å². The fourth-order valence-corrected chi connectivity index (χ4v) is 2.23. The van der Waals surface area contributed by atoms with E-state index in [2.05, 4.69) is 10.6 Å². The van der Waals surface area contributed by atoms with Gasteiger partial charge in [-0.3, -0.25) is 19.7 Å². The van der Waals surface area contributed by atoms with Gasteiger partial charge in [0, 0.05) is 12.1 Å². The van der Waals surface area contributed by atoms with E-state index in [-0.39, 0.29) is 18.9 Å². The molecule has 8 heteroatoms. The Labute approximate surface area is 146 Å². The first-order valence-corrected chi connectivity index (χ1v) is 7.88. The molecule has 0 heterocycles. The van der Waals surface area contributed by atoms with Gasteiger partial charge in [-0.05, 0) is 30.5 Å². The number of amides is 1. The normalized spacial score (nSPS) is 13.1. The van der Waals surface area contributed by atoms with Crippen LogP contribution in [0.4, 0.5) is 0 Å². The van der Waals surface area contributed by atoms with E-state index >= 15 is 0 Å². The van der Waals surface area contributed by atoms with E-state index in [1.54, 1.807) is 18.2 Å². The molecule has 0 aliphatic rings. The standard InChI is InChI=1S/C17H24N2O6/c1-10(2)7-13(16(21)22)19-14(17(23)24)9-18-15(20)11-5-4-6-12(8-11)25-3/h4-6,8,10,13-14,19H,7,9H2,1-3H3,(H,18,20)(H,21,22)(H,23,24)/t13-,14?/m0/s1. The Bertz CT molecular complexity index is 617. The molecule has 1 aromatic rings. The Hall–Kier alpha value is -2.61. The third-order valence-electron chi connectivity index (χ3n) is 3.50. The molecule has 1 unspecified atom stereocenters. The summed E-state index contributed by atoms with van der Waals surface area (Å²) in [6.07, 6.45) is 0.281. The smallest absolute Gasteiger partial charge is 0.322 e. The average molecular weight is 352 g/mol. The highest BCUT2D eigenvalue weighted by atomic mass is 16.5. The van der Waals surface area contributed by atoms with Gasteiger partial charge in [-0.1, -0.05) is 19.9 Å². The molecule has 0 aromatic heterocycles. The summed E-state index contributed by atoms with van der Waals surface area (Å²) < 4.78 is 5.03. The Morgan fingerprint density at radius 3 is 2.28 bits per heavy atom. The van der Waals surface area contributed by atoms with Crippen LogP contribution in [0.25, 0.3) is 0 Å². The molecule has 138 valence electrons. The van der Waals surface area contributed by atoms with Crippen molar-refractivity contribution in [1.82, 2.24) is 10.6 Å². The van der Waals surface area contributed by atoms with Crippen LogP contribution in [0.5, 0.6) is 5.75 Å². The third-order valence-corrected chi connectivity index (χ3v) is 3.50. The van der Waals surface area contributed by atoms with Crippen LogP contribution in [-0.4, -0.2) is 53.8 Å². The summed E-state index contributed by atoms with van der Waals surface area (Å²) in [6.45, 7) is 3.45. The lowest BCUT2D eigenvalue weighted by Gasteiger charge is -2.22. The average Bonchev–Trinajstić information content (AvgIpc) is 2.56. The first kappa shape index (κ1) is 20.4. The molecular weight excluding hydrogens is 328 g/mol. The molecule has 0 bridgehead atoms. The van der Waals surface area contributed by atoms with Gasteiger partial charge in [0.2, 0.25) is 0 Å². The summed E-state index contributed by atoms with van der Waals surface area (Å²) in [5, 5.41) is 23.6. The Kier molecular flexibility index (Phi) is 7.87. The second-order valence-corrected chi connectivity index (χ2v) is 6.02. The first-order valence-electron chi connectivity index (χ1n) is 7.88. The third kappa shape index (κ3) is 6.80. The highest BCUT2D eigenvalue weighted by Crippen LogP contribution is 2.12. The van der Waals surface area contributed by atoms with E-state index < -0.39 is 29.9 Å². The largest absolute Gasteiger partial charge is 0.497 e. The molecule has 4 N–H and O–H groups in total. The minimum atomic E-state index is -1.24. The van der Waals surface area contributed by atoms with Crippen LogP contribution in [0.1, 0.15) is 30.6 Å². The van der Waals surface area contributed by atoms with E-state index in [1.807, 2.05) is 13.8 Å². The second-order valence-electron chi connectivity index (χ2n) is 6.02. The van der Waals surface area contributed by atoms with Crippen molar-refractivity contribution in [2.75, 3.05) is 13.7 Å². The molecule has 0 saturated carbocycles. The maximum absolute atomic E-state index is 12.1. The Balaban J connectivity index is 2.72. The van der Waals surface area contributed by atoms with Crippen molar-refractivity contribution in [3.05, 3.63) is 29.8 Å². The lowest BCUT2D eigenvalue weighted by molar-refractivity contribution is -0.142. The minimum absolute atomic E-state index is 0.0782. The molecule has 0 radical (unpaired) electrons. The Morgan fingerprint density at radius 2 is 1.76 bits per heavy atom. The molecule has 1 rings (SSSR count). The Morgan fingerprint density at radius 1 is 1.12 bits per heavy atom. The monoisotopic (exact) mass is 352 g/mol. The van der Waals surface area contributed by atoms with Crippen molar-refractivity contribution in [2.45, 2.75) is 32.4 Å². The van der Waals surface area contributed by atoms with Gasteiger partial charge in [0.05, 0.1) is 7.11 Å². The van der Waals surface area contributed by atoms with Gasteiger partial charge in [-0.2, -0.15) is 0 Å². The lowest BCUT2D eigenvalue weighted by atomic mass is 10.0. The summed E-state index contributed by atoms with van der Waals surface area (Å²) >= 11 is 0. The lowest BCUT2D eigenvalue weighted by Crippen LogP contribution is -2.52. The van der Waals surface area contributed by atoms with Gasteiger partial charge in [0.1, 0.15) is 17.8 Å². The second kappa shape index (κ2) is 9.63. The van der Waals surface area contributed by atoms with Gasteiger partial charge >= 0.3 is 11.9 Å². The molecule has 2 atom stereocenters. The van der Waals surface area contributed by atoms with Crippen molar-refractivity contribution in [3.63, 3.8) is 0 Å². The summed E-state index contributed by atoms with van der Waals surface area (Å²) in [4.78, 5) is 34.8. The van der Waals surface area contributed by atoms with Crippen LogP contribution in [0, 0.1) is 5.92 Å². The highest BCUT2D eigenvalue weighted by molar-refractivity contribution is 5.94. The molecule has 0 aliphatic heterocycles. The molecule has 0 spiro atoms. The summed E-state index contributed by atoms with van der Waals surface area (Å²) in [5.74, 6) is -2.25. The van der Waals surface area contributed by atoms with Crippen LogP contribution in [-0.2, 0) is 9.59 Å². The molecule has 0 aliphatic carbocycles. The number of benzene rings is 1. The maximum atomic E-state index is 12.1. The first-order chi connectivity index (χ1) is 11.7. The number of carboxylic acids is 2. The fourth-order valence-electron chi connectivity index (χ4n) is 2.23. The van der Waals surface area contributed by atoms with Crippen molar-refractivity contribution in [3.8, 4) is 5.75 Å². The minimum Gasteiger partial charge on any atom is -0.497 e. The summed E-state index contributed by atoms with van der Waals surface area (Å²) in [7, 11) is 1.47. The SMILES string of the molecule is COc1cccc(C(=O)NCC(N[C@@H](CC(C)C)C(=O)O)C(=O)O)c1.